The summed E-state index contributed by atoms with van der Waals surface area (Å²) < 4.78 is 17.4. The third-order valence-corrected chi connectivity index (χ3v) is 4.60. The van der Waals surface area contributed by atoms with Crippen LogP contribution in [0, 0.1) is 0 Å². The molecule has 5 heteroatoms. The summed E-state index contributed by atoms with van der Waals surface area (Å²) in [6.45, 7) is 5.42. The highest BCUT2D eigenvalue weighted by Crippen LogP contribution is 2.37. The van der Waals surface area contributed by atoms with Gasteiger partial charge in [-0.15, -0.1) is 0 Å². The minimum Gasteiger partial charge on any atom is -0.490 e. The van der Waals surface area contributed by atoms with Crippen molar-refractivity contribution in [1.82, 2.24) is 5.32 Å². The molecular formula is C21H26ClNO3. The molecule has 1 heterocycles. The molecule has 1 atom stereocenters. The maximum atomic E-state index is 6.49. The highest BCUT2D eigenvalue weighted by Gasteiger charge is 2.16. The van der Waals surface area contributed by atoms with Gasteiger partial charge in [0.2, 0.25) is 0 Å². The van der Waals surface area contributed by atoms with Gasteiger partial charge in [-0.25, -0.2) is 0 Å². The minimum absolute atomic E-state index is 0.324. The van der Waals surface area contributed by atoms with E-state index in [1.165, 1.54) is 0 Å². The molecule has 2 aromatic carbocycles. The second kappa shape index (κ2) is 9.81. The largest absolute Gasteiger partial charge is 0.490 e. The first-order valence-electron chi connectivity index (χ1n) is 9.20. The van der Waals surface area contributed by atoms with Crippen molar-refractivity contribution in [1.29, 1.82) is 0 Å². The lowest BCUT2D eigenvalue weighted by atomic mass is 10.2. The highest BCUT2D eigenvalue weighted by atomic mass is 35.5. The van der Waals surface area contributed by atoms with Crippen LogP contribution in [0.15, 0.2) is 42.5 Å². The first-order chi connectivity index (χ1) is 12.8. The molecule has 0 aromatic heterocycles. The Kier molecular flexibility index (Phi) is 7.18. The molecule has 140 valence electrons. The second-order valence-corrected chi connectivity index (χ2v) is 6.79. The molecule has 0 spiro atoms. The molecule has 1 saturated heterocycles. The topological polar surface area (TPSA) is 39.7 Å². The van der Waals surface area contributed by atoms with Gasteiger partial charge in [0.25, 0.3) is 0 Å². The molecule has 0 radical (unpaired) electrons. The molecule has 4 nitrogen and oxygen atoms in total. The van der Waals surface area contributed by atoms with Crippen molar-refractivity contribution in [2.45, 2.75) is 39.0 Å². The summed E-state index contributed by atoms with van der Waals surface area (Å²) in [5.41, 5.74) is 2.16. The van der Waals surface area contributed by atoms with E-state index < -0.39 is 0 Å². The van der Waals surface area contributed by atoms with E-state index in [1.807, 2.05) is 49.4 Å². The van der Waals surface area contributed by atoms with Gasteiger partial charge < -0.3 is 19.5 Å². The van der Waals surface area contributed by atoms with Gasteiger partial charge in [-0.1, -0.05) is 41.9 Å². The van der Waals surface area contributed by atoms with Crippen molar-refractivity contribution in [3.63, 3.8) is 0 Å². The molecule has 0 aliphatic carbocycles. The zero-order valence-corrected chi connectivity index (χ0v) is 15.9. The molecule has 1 N–H and O–H groups in total. The lowest BCUT2D eigenvalue weighted by molar-refractivity contribution is 0.110. The summed E-state index contributed by atoms with van der Waals surface area (Å²) in [7, 11) is 0. The van der Waals surface area contributed by atoms with Crippen LogP contribution < -0.4 is 14.8 Å². The number of ether oxygens (including phenoxy) is 3. The first-order valence-corrected chi connectivity index (χ1v) is 9.58. The van der Waals surface area contributed by atoms with Gasteiger partial charge in [-0.2, -0.15) is 0 Å². The molecular weight excluding hydrogens is 350 g/mol. The summed E-state index contributed by atoms with van der Waals surface area (Å²) >= 11 is 6.49. The number of nitrogens with one attached hydrogen (secondary N) is 1. The third kappa shape index (κ3) is 5.37. The van der Waals surface area contributed by atoms with Crippen LogP contribution in [0.5, 0.6) is 11.5 Å². The van der Waals surface area contributed by atoms with E-state index >= 15 is 0 Å². The minimum atomic E-state index is 0.324. The summed E-state index contributed by atoms with van der Waals surface area (Å²) in [4.78, 5) is 0. The number of hydrogen-bond donors (Lipinski definition) is 1. The fourth-order valence-corrected chi connectivity index (χ4v) is 3.33. The molecule has 1 aliphatic rings. The van der Waals surface area contributed by atoms with Gasteiger partial charge >= 0.3 is 0 Å². The van der Waals surface area contributed by atoms with Gasteiger partial charge in [0.15, 0.2) is 11.5 Å². The zero-order valence-electron chi connectivity index (χ0n) is 15.2. The fraction of sp³-hybridized carbons (Fsp3) is 0.429. The van der Waals surface area contributed by atoms with E-state index in [2.05, 4.69) is 5.32 Å². The average Bonchev–Trinajstić information content (AvgIpc) is 3.16. The van der Waals surface area contributed by atoms with Crippen molar-refractivity contribution in [3.8, 4) is 11.5 Å². The van der Waals surface area contributed by atoms with Crippen molar-refractivity contribution < 1.29 is 14.2 Å². The zero-order chi connectivity index (χ0) is 18.2. The smallest absolute Gasteiger partial charge is 0.180 e. The van der Waals surface area contributed by atoms with E-state index in [-0.39, 0.29) is 0 Å². The maximum Gasteiger partial charge on any atom is 0.180 e. The van der Waals surface area contributed by atoms with Crippen LogP contribution in [0.25, 0.3) is 0 Å². The Bertz CT molecular complexity index is 687. The van der Waals surface area contributed by atoms with Gasteiger partial charge in [0.05, 0.1) is 17.7 Å². The van der Waals surface area contributed by atoms with Gasteiger partial charge in [-0.3, -0.25) is 0 Å². The van der Waals surface area contributed by atoms with Crippen LogP contribution in [-0.4, -0.2) is 25.9 Å². The Balaban J connectivity index is 1.64. The number of rotatable bonds is 9. The summed E-state index contributed by atoms with van der Waals surface area (Å²) in [5.74, 6) is 1.28. The fourth-order valence-electron chi connectivity index (χ4n) is 3.04. The quantitative estimate of drug-likeness (QED) is 0.696. The maximum absolute atomic E-state index is 6.49. The van der Waals surface area contributed by atoms with Crippen LogP contribution >= 0.6 is 11.6 Å². The molecule has 0 saturated carbocycles. The van der Waals surface area contributed by atoms with Crippen molar-refractivity contribution >= 4 is 11.6 Å². The standard InChI is InChI=1S/C21H26ClNO3/c1-2-24-20-12-17(13-23-14-18-9-6-10-25-18)11-19(22)21(20)26-15-16-7-4-3-5-8-16/h3-5,7-8,11-12,18,23H,2,6,9-10,13-15H2,1H3/t18-/m1/s1. The molecule has 0 amide bonds. The van der Waals surface area contributed by atoms with Crippen molar-refractivity contribution in [2.24, 2.45) is 0 Å². The van der Waals surface area contributed by atoms with Crippen LogP contribution in [0.2, 0.25) is 5.02 Å². The molecule has 0 bridgehead atoms. The molecule has 1 aliphatic heterocycles. The third-order valence-electron chi connectivity index (χ3n) is 4.32. The summed E-state index contributed by atoms with van der Waals surface area (Å²) in [5, 5.41) is 4.01. The first kappa shape index (κ1) is 19.0. The lowest BCUT2D eigenvalue weighted by Crippen LogP contribution is -2.25. The van der Waals surface area contributed by atoms with Crippen LogP contribution in [-0.2, 0) is 17.9 Å². The van der Waals surface area contributed by atoms with E-state index in [1.54, 1.807) is 0 Å². The Morgan fingerprint density at radius 1 is 1.15 bits per heavy atom. The Morgan fingerprint density at radius 2 is 2.00 bits per heavy atom. The number of halogens is 1. The monoisotopic (exact) mass is 375 g/mol. The highest BCUT2D eigenvalue weighted by molar-refractivity contribution is 6.32. The summed E-state index contributed by atoms with van der Waals surface area (Å²) in [6.07, 6.45) is 2.61. The normalized spacial score (nSPS) is 16.6. The van der Waals surface area contributed by atoms with E-state index in [0.29, 0.717) is 35.8 Å². The average molecular weight is 376 g/mol. The Hall–Kier alpha value is -1.75. The van der Waals surface area contributed by atoms with Gasteiger partial charge in [0.1, 0.15) is 6.61 Å². The predicted molar refractivity (Wildman–Crippen MR) is 104 cm³/mol. The molecule has 26 heavy (non-hydrogen) atoms. The summed E-state index contributed by atoms with van der Waals surface area (Å²) in [6, 6.07) is 14.0. The Labute approximate surface area is 160 Å². The number of hydrogen-bond acceptors (Lipinski definition) is 4. The molecule has 1 fully saturated rings. The number of benzene rings is 2. The van der Waals surface area contributed by atoms with E-state index in [4.69, 9.17) is 25.8 Å². The van der Waals surface area contributed by atoms with E-state index in [0.717, 1.165) is 43.7 Å². The van der Waals surface area contributed by atoms with E-state index in [9.17, 15) is 0 Å². The molecule has 2 aromatic rings. The van der Waals surface area contributed by atoms with Gasteiger partial charge in [-0.05, 0) is 43.0 Å². The van der Waals surface area contributed by atoms with Crippen molar-refractivity contribution in [2.75, 3.05) is 19.8 Å². The lowest BCUT2D eigenvalue weighted by Gasteiger charge is -2.16. The van der Waals surface area contributed by atoms with Crippen LogP contribution in [0.1, 0.15) is 30.9 Å². The van der Waals surface area contributed by atoms with Gasteiger partial charge in [0, 0.05) is 19.7 Å². The molecule has 0 unspecified atom stereocenters. The Morgan fingerprint density at radius 3 is 2.73 bits per heavy atom. The second-order valence-electron chi connectivity index (χ2n) is 6.38. The van der Waals surface area contributed by atoms with Crippen LogP contribution in [0.4, 0.5) is 0 Å². The molecule has 3 rings (SSSR count). The SMILES string of the molecule is CCOc1cc(CNC[C@H]2CCCO2)cc(Cl)c1OCc1ccccc1. The van der Waals surface area contributed by atoms with Crippen LogP contribution in [0.3, 0.4) is 0 Å². The predicted octanol–water partition coefficient (Wildman–Crippen LogP) is 4.59. The van der Waals surface area contributed by atoms with Crippen molar-refractivity contribution in [3.05, 3.63) is 58.6 Å².